The summed E-state index contributed by atoms with van der Waals surface area (Å²) >= 11 is 10.3. The molecule has 2 unspecified atom stereocenters. The second-order valence-electron chi connectivity index (χ2n) is 5.30. The molecule has 2 nitrogen and oxygen atoms in total. The summed E-state index contributed by atoms with van der Waals surface area (Å²) in [6.07, 6.45) is 8.64. The van der Waals surface area contributed by atoms with E-state index in [-0.39, 0.29) is 0 Å². The number of hydrogen-bond acceptors (Lipinski definition) is 1. The summed E-state index contributed by atoms with van der Waals surface area (Å²) in [6.45, 7) is 2.11. The van der Waals surface area contributed by atoms with Gasteiger partial charge in [-0.2, -0.15) is 5.10 Å². The first-order valence-electron chi connectivity index (χ1n) is 6.97. The van der Waals surface area contributed by atoms with E-state index >= 15 is 0 Å². The van der Waals surface area contributed by atoms with Crippen molar-refractivity contribution in [2.24, 2.45) is 13.0 Å². The van der Waals surface area contributed by atoms with Crippen LogP contribution >= 0.6 is 27.5 Å². The second kappa shape index (κ2) is 6.42. The molecule has 1 heterocycles. The summed E-state index contributed by atoms with van der Waals surface area (Å²) in [5, 5.41) is 5.40. The summed E-state index contributed by atoms with van der Waals surface area (Å²) < 4.78 is 1.98. The monoisotopic (exact) mass is 332 g/mol. The van der Waals surface area contributed by atoms with Gasteiger partial charge in [-0.05, 0) is 31.6 Å². The molecule has 0 saturated heterocycles. The molecule has 1 aromatic rings. The van der Waals surface area contributed by atoms with E-state index in [4.69, 9.17) is 11.6 Å². The van der Waals surface area contributed by atoms with Gasteiger partial charge in [-0.25, -0.2) is 0 Å². The molecule has 0 aromatic carbocycles. The molecule has 1 aromatic heterocycles. The smallest absolute Gasteiger partial charge is 0.0849 e. The third kappa shape index (κ3) is 3.11. The van der Waals surface area contributed by atoms with Gasteiger partial charge in [0, 0.05) is 11.9 Å². The van der Waals surface area contributed by atoms with E-state index < -0.39 is 0 Å². The summed E-state index contributed by atoms with van der Waals surface area (Å²) in [4.78, 5) is 0.635. The number of nitrogens with zero attached hydrogens (tertiary/aromatic N) is 2. The average Bonchev–Trinajstić information content (AvgIpc) is 2.52. The zero-order chi connectivity index (χ0) is 13.1. The van der Waals surface area contributed by atoms with Crippen LogP contribution < -0.4 is 0 Å². The number of halogens is 2. The van der Waals surface area contributed by atoms with Crippen molar-refractivity contribution in [3.63, 3.8) is 0 Å². The van der Waals surface area contributed by atoms with Crippen molar-refractivity contribution in [1.29, 1.82) is 0 Å². The Bertz CT molecular complexity index is 403. The highest BCUT2D eigenvalue weighted by molar-refractivity contribution is 9.09. The van der Waals surface area contributed by atoms with Gasteiger partial charge in [-0.15, -0.1) is 0 Å². The van der Waals surface area contributed by atoms with Crippen molar-refractivity contribution in [1.82, 2.24) is 9.78 Å². The summed E-state index contributed by atoms with van der Waals surface area (Å²) in [5.74, 6) is 0.699. The molecule has 0 bridgehead atoms. The number of rotatable bonds is 3. The van der Waals surface area contributed by atoms with Crippen molar-refractivity contribution >= 4 is 27.5 Å². The molecule has 1 saturated carbocycles. The maximum Gasteiger partial charge on any atom is 0.0849 e. The molecule has 2 atom stereocenters. The van der Waals surface area contributed by atoms with Gasteiger partial charge in [0.05, 0.1) is 16.4 Å². The number of alkyl halides is 1. The molecular formula is C14H22BrClN2. The van der Waals surface area contributed by atoms with Crippen LogP contribution in [0.2, 0.25) is 5.02 Å². The first-order valence-corrected chi connectivity index (χ1v) is 8.27. The molecule has 0 N–H and O–H groups in total. The number of hydrogen-bond donors (Lipinski definition) is 0. The van der Waals surface area contributed by atoms with E-state index in [1.807, 2.05) is 11.7 Å². The fourth-order valence-electron chi connectivity index (χ4n) is 2.86. The lowest BCUT2D eigenvalue weighted by molar-refractivity contribution is 0.460. The first-order chi connectivity index (χ1) is 8.63. The van der Waals surface area contributed by atoms with Crippen LogP contribution in [0.5, 0.6) is 0 Å². The van der Waals surface area contributed by atoms with E-state index in [9.17, 15) is 0 Å². The van der Waals surface area contributed by atoms with Gasteiger partial charge in [0.25, 0.3) is 0 Å². The predicted molar refractivity (Wildman–Crippen MR) is 80.6 cm³/mol. The topological polar surface area (TPSA) is 17.8 Å². The van der Waals surface area contributed by atoms with Gasteiger partial charge < -0.3 is 0 Å². The zero-order valence-electron chi connectivity index (χ0n) is 11.3. The largest absolute Gasteiger partial charge is 0.271 e. The van der Waals surface area contributed by atoms with Gasteiger partial charge >= 0.3 is 0 Å². The van der Waals surface area contributed by atoms with Crippen LogP contribution in [0.4, 0.5) is 0 Å². The predicted octanol–water partition coefficient (Wildman–Crippen LogP) is 4.52. The van der Waals surface area contributed by atoms with Crippen LogP contribution in [0, 0.1) is 5.92 Å². The normalized spacial score (nSPS) is 25.1. The van der Waals surface area contributed by atoms with E-state index in [0.717, 1.165) is 23.6 Å². The van der Waals surface area contributed by atoms with Crippen LogP contribution in [0.1, 0.15) is 50.4 Å². The molecule has 1 aliphatic rings. The molecule has 0 spiro atoms. The first kappa shape index (κ1) is 14.4. The van der Waals surface area contributed by atoms with Crippen molar-refractivity contribution < 1.29 is 0 Å². The molecule has 2 rings (SSSR count). The summed E-state index contributed by atoms with van der Waals surface area (Å²) in [5.41, 5.74) is 2.25. The Kier molecular flexibility index (Phi) is 5.14. The number of aryl methyl sites for hydroxylation is 2. The molecule has 0 amide bonds. The number of aromatic nitrogens is 2. The molecular weight excluding hydrogens is 312 g/mol. The Morgan fingerprint density at radius 3 is 2.72 bits per heavy atom. The van der Waals surface area contributed by atoms with Crippen molar-refractivity contribution in [2.45, 2.75) is 56.7 Å². The van der Waals surface area contributed by atoms with Gasteiger partial charge in [0.15, 0.2) is 0 Å². The Morgan fingerprint density at radius 2 is 2.06 bits per heavy atom. The van der Waals surface area contributed by atoms with Crippen molar-refractivity contribution in [2.75, 3.05) is 0 Å². The molecule has 4 heteroatoms. The summed E-state index contributed by atoms with van der Waals surface area (Å²) in [6, 6.07) is 0. The van der Waals surface area contributed by atoms with Crippen LogP contribution in [-0.2, 0) is 19.9 Å². The molecule has 0 radical (unpaired) electrons. The third-order valence-electron chi connectivity index (χ3n) is 4.02. The van der Waals surface area contributed by atoms with E-state index in [2.05, 4.69) is 28.0 Å². The highest BCUT2D eigenvalue weighted by Crippen LogP contribution is 2.33. The van der Waals surface area contributed by atoms with Gasteiger partial charge in [0.2, 0.25) is 0 Å². The Morgan fingerprint density at radius 1 is 1.33 bits per heavy atom. The molecule has 18 heavy (non-hydrogen) atoms. The molecule has 1 aliphatic carbocycles. The zero-order valence-corrected chi connectivity index (χ0v) is 13.6. The minimum Gasteiger partial charge on any atom is -0.271 e. The van der Waals surface area contributed by atoms with Crippen molar-refractivity contribution in [3.8, 4) is 0 Å². The lowest BCUT2D eigenvalue weighted by atomic mass is 9.94. The van der Waals surface area contributed by atoms with E-state index in [0.29, 0.717) is 10.7 Å². The molecule has 102 valence electrons. The fourth-order valence-corrected chi connectivity index (χ4v) is 4.00. The third-order valence-corrected chi connectivity index (χ3v) is 5.67. The molecule has 1 fully saturated rings. The van der Waals surface area contributed by atoms with E-state index in [1.165, 1.54) is 37.8 Å². The van der Waals surface area contributed by atoms with Crippen LogP contribution in [0.3, 0.4) is 0 Å². The second-order valence-corrected chi connectivity index (χ2v) is 6.86. The van der Waals surface area contributed by atoms with Crippen LogP contribution in [0.15, 0.2) is 0 Å². The highest BCUT2D eigenvalue weighted by atomic mass is 79.9. The van der Waals surface area contributed by atoms with E-state index in [1.54, 1.807) is 0 Å². The highest BCUT2D eigenvalue weighted by Gasteiger charge is 2.24. The maximum absolute atomic E-state index is 6.44. The summed E-state index contributed by atoms with van der Waals surface area (Å²) in [7, 11) is 2.01. The quantitative estimate of drug-likeness (QED) is 0.587. The van der Waals surface area contributed by atoms with Gasteiger partial charge in [-0.3, -0.25) is 4.68 Å². The SMILES string of the molecule is CCc1nn(C)c(CC2CCCCCC2Br)c1Cl. The Labute approximate surface area is 123 Å². The lowest BCUT2D eigenvalue weighted by Gasteiger charge is -2.20. The van der Waals surface area contributed by atoms with Gasteiger partial charge in [0.1, 0.15) is 0 Å². The van der Waals surface area contributed by atoms with Crippen LogP contribution in [0.25, 0.3) is 0 Å². The Balaban J connectivity index is 2.14. The fraction of sp³-hybridized carbons (Fsp3) is 0.786. The minimum absolute atomic E-state index is 0.635. The van der Waals surface area contributed by atoms with Crippen molar-refractivity contribution in [3.05, 3.63) is 16.4 Å². The Hall–Kier alpha value is -0.0200. The van der Waals surface area contributed by atoms with Crippen LogP contribution in [-0.4, -0.2) is 14.6 Å². The molecule has 0 aliphatic heterocycles. The average molecular weight is 334 g/mol. The van der Waals surface area contributed by atoms with Gasteiger partial charge in [-0.1, -0.05) is 53.7 Å². The minimum atomic E-state index is 0.635. The lowest BCUT2D eigenvalue weighted by Crippen LogP contribution is -2.17. The standard InChI is InChI=1S/C14H22BrClN2/c1-3-12-14(16)13(18(2)17-12)9-10-7-5-4-6-8-11(10)15/h10-11H,3-9H2,1-2H3. The maximum atomic E-state index is 6.44.